The first-order valence-electron chi connectivity index (χ1n) is 13.9. The van der Waals surface area contributed by atoms with Crippen molar-refractivity contribution in [1.29, 1.82) is 0 Å². The highest BCUT2D eigenvalue weighted by molar-refractivity contribution is 6.29. The molecule has 0 atom stereocenters. The van der Waals surface area contributed by atoms with Gasteiger partial charge in [-0.15, -0.1) is 0 Å². The van der Waals surface area contributed by atoms with Crippen LogP contribution in [0.4, 0.5) is 0 Å². The van der Waals surface area contributed by atoms with Gasteiger partial charge in [-0.25, -0.2) is 15.0 Å². The van der Waals surface area contributed by atoms with Gasteiger partial charge < -0.3 is 4.57 Å². The predicted octanol–water partition coefficient (Wildman–Crippen LogP) is 8.25. The molecule has 10 rings (SSSR count). The first-order chi connectivity index (χ1) is 20.3. The van der Waals surface area contributed by atoms with Crippen LogP contribution in [0.2, 0.25) is 0 Å². The third-order valence-corrected chi connectivity index (χ3v) is 8.79. The van der Waals surface area contributed by atoms with Crippen molar-refractivity contribution in [2.75, 3.05) is 0 Å². The summed E-state index contributed by atoms with van der Waals surface area (Å²) >= 11 is 0. The summed E-state index contributed by atoms with van der Waals surface area (Å²) in [5.41, 5.74) is 12.4. The van der Waals surface area contributed by atoms with Crippen LogP contribution < -0.4 is 0 Å². The summed E-state index contributed by atoms with van der Waals surface area (Å²) in [5.74, 6) is 0. The molecule has 9 aromatic rings. The van der Waals surface area contributed by atoms with Gasteiger partial charge in [0.25, 0.3) is 0 Å². The number of nitrogens with zero attached hydrogens (tertiary/aromatic N) is 5. The van der Waals surface area contributed by atoms with Crippen LogP contribution in [0, 0.1) is 0 Å². The first-order valence-corrected chi connectivity index (χ1v) is 13.9. The monoisotopic (exact) mass is 523 g/mol. The minimum absolute atomic E-state index is 0.827. The van der Waals surface area contributed by atoms with Crippen LogP contribution >= 0.6 is 0 Å². The Labute approximate surface area is 234 Å². The fourth-order valence-electron chi connectivity index (χ4n) is 7.12. The number of pyridine rings is 3. The van der Waals surface area contributed by atoms with Gasteiger partial charge in [-0.3, -0.25) is 4.40 Å². The SMILES string of the molecule is c1ccc(-n2c3cc4c(cc3c3c5c(ccc32)c2cccnc2n2c3ncccc3nc52)Cc2ccccc2-4)cc1. The molecule has 5 nitrogen and oxygen atoms in total. The Morgan fingerprint density at radius 1 is 0.537 bits per heavy atom. The van der Waals surface area contributed by atoms with Gasteiger partial charge in [0.1, 0.15) is 16.8 Å². The zero-order valence-corrected chi connectivity index (χ0v) is 21.9. The Kier molecular flexibility index (Phi) is 3.92. The van der Waals surface area contributed by atoms with Crippen molar-refractivity contribution in [2.24, 2.45) is 0 Å². The Morgan fingerprint density at radius 3 is 2.29 bits per heavy atom. The summed E-state index contributed by atoms with van der Waals surface area (Å²) in [7, 11) is 0. The van der Waals surface area contributed by atoms with Gasteiger partial charge >= 0.3 is 0 Å². The van der Waals surface area contributed by atoms with E-state index in [0.717, 1.165) is 50.7 Å². The summed E-state index contributed by atoms with van der Waals surface area (Å²) in [6.07, 6.45) is 4.63. The van der Waals surface area contributed by atoms with Crippen LogP contribution in [0.1, 0.15) is 11.1 Å². The number of aromatic nitrogens is 5. The standard InChI is InChI=1S/C36H21N5/c1-2-9-23(10-3-1)40-30-15-14-25-26-12-6-16-37-34(26)41-35-29(13-7-17-38-35)39-36(41)33(25)32(30)28-19-22-18-21-8-4-5-11-24(21)27(22)20-31(28)40/h1-17,19-20H,18H2. The molecule has 0 saturated heterocycles. The first kappa shape index (κ1) is 21.3. The van der Waals surface area contributed by atoms with Crippen LogP contribution in [-0.4, -0.2) is 23.9 Å². The summed E-state index contributed by atoms with van der Waals surface area (Å²) in [5, 5.41) is 5.84. The lowest BCUT2D eigenvalue weighted by Gasteiger charge is -2.10. The smallest absolute Gasteiger partial charge is 0.166 e. The Hall–Kier alpha value is -5.55. The van der Waals surface area contributed by atoms with Gasteiger partial charge in [0.15, 0.2) is 5.65 Å². The van der Waals surface area contributed by atoms with Crippen molar-refractivity contribution in [2.45, 2.75) is 6.42 Å². The molecule has 5 heteroatoms. The summed E-state index contributed by atoms with van der Waals surface area (Å²) in [6, 6.07) is 37.0. The van der Waals surface area contributed by atoms with Gasteiger partial charge in [0, 0.05) is 39.6 Å². The van der Waals surface area contributed by atoms with Crippen molar-refractivity contribution >= 4 is 60.4 Å². The molecular weight excluding hydrogens is 502 g/mol. The number of fused-ring (bicyclic) bond motifs is 15. The molecule has 5 heterocycles. The molecule has 0 saturated carbocycles. The fraction of sp³-hybridized carbons (Fsp3) is 0.0278. The van der Waals surface area contributed by atoms with Crippen LogP contribution in [0.15, 0.2) is 116 Å². The van der Waals surface area contributed by atoms with E-state index in [0.29, 0.717) is 0 Å². The van der Waals surface area contributed by atoms with E-state index in [1.54, 1.807) is 0 Å². The van der Waals surface area contributed by atoms with E-state index in [2.05, 4.69) is 93.9 Å². The van der Waals surface area contributed by atoms with E-state index in [-0.39, 0.29) is 0 Å². The second-order valence-corrected chi connectivity index (χ2v) is 10.9. The number of benzene rings is 4. The minimum Gasteiger partial charge on any atom is -0.309 e. The van der Waals surface area contributed by atoms with Crippen LogP contribution in [-0.2, 0) is 6.42 Å². The molecule has 5 aromatic heterocycles. The third-order valence-electron chi connectivity index (χ3n) is 8.79. The fourth-order valence-corrected chi connectivity index (χ4v) is 7.12. The van der Waals surface area contributed by atoms with Gasteiger partial charge in [0.2, 0.25) is 0 Å². The van der Waals surface area contributed by atoms with Gasteiger partial charge in [0.05, 0.1) is 11.0 Å². The quantitative estimate of drug-likeness (QED) is 0.204. The number of hydrogen-bond acceptors (Lipinski definition) is 3. The molecule has 41 heavy (non-hydrogen) atoms. The van der Waals surface area contributed by atoms with Crippen molar-refractivity contribution in [1.82, 2.24) is 23.9 Å². The van der Waals surface area contributed by atoms with E-state index in [1.807, 2.05) is 30.6 Å². The maximum Gasteiger partial charge on any atom is 0.166 e. The Balaban J connectivity index is 1.48. The number of para-hydroxylation sites is 1. The second-order valence-electron chi connectivity index (χ2n) is 10.9. The molecule has 1 aliphatic carbocycles. The van der Waals surface area contributed by atoms with Crippen LogP contribution in [0.5, 0.6) is 0 Å². The van der Waals surface area contributed by atoms with E-state index in [9.17, 15) is 0 Å². The minimum atomic E-state index is 0.827. The molecule has 0 radical (unpaired) electrons. The molecular formula is C36H21N5. The Morgan fingerprint density at radius 2 is 1.37 bits per heavy atom. The van der Waals surface area contributed by atoms with Crippen molar-refractivity contribution in [3.63, 3.8) is 0 Å². The van der Waals surface area contributed by atoms with E-state index in [1.165, 1.54) is 44.1 Å². The highest BCUT2D eigenvalue weighted by Crippen LogP contribution is 2.45. The maximum absolute atomic E-state index is 5.19. The molecule has 0 amide bonds. The molecule has 1 aliphatic rings. The zero-order chi connectivity index (χ0) is 26.7. The number of hydrogen-bond donors (Lipinski definition) is 0. The average Bonchev–Trinajstić information content (AvgIpc) is 3.69. The highest BCUT2D eigenvalue weighted by Gasteiger charge is 2.25. The second kappa shape index (κ2) is 7.55. The van der Waals surface area contributed by atoms with Crippen LogP contribution in [0.25, 0.3) is 77.2 Å². The van der Waals surface area contributed by atoms with Crippen molar-refractivity contribution in [3.8, 4) is 16.8 Å². The van der Waals surface area contributed by atoms with Crippen LogP contribution in [0.3, 0.4) is 0 Å². The van der Waals surface area contributed by atoms with E-state index < -0.39 is 0 Å². The van der Waals surface area contributed by atoms with Gasteiger partial charge in [-0.2, -0.15) is 0 Å². The molecule has 0 bridgehead atoms. The maximum atomic E-state index is 5.19. The van der Waals surface area contributed by atoms with Gasteiger partial charge in [-0.1, -0.05) is 48.5 Å². The van der Waals surface area contributed by atoms with Crippen molar-refractivity contribution < 1.29 is 0 Å². The molecule has 4 aromatic carbocycles. The van der Waals surface area contributed by atoms with Gasteiger partial charge in [-0.05, 0) is 88.7 Å². The largest absolute Gasteiger partial charge is 0.309 e. The zero-order valence-electron chi connectivity index (χ0n) is 21.9. The molecule has 0 fully saturated rings. The molecule has 190 valence electrons. The summed E-state index contributed by atoms with van der Waals surface area (Å²) in [4.78, 5) is 14.8. The molecule has 0 spiro atoms. The van der Waals surface area contributed by atoms with E-state index >= 15 is 0 Å². The van der Waals surface area contributed by atoms with Crippen molar-refractivity contribution in [3.05, 3.63) is 127 Å². The molecule has 0 aliphatic heterocycles. The normalized spacial score (nSPS) is 12.8. The summed E-state index contributed by atoms with van der Waals surface area (Å²) < 4.78 is 4.55. The third kappa shape index (κ3) is 2.68. The predicted molar refractivity (Wildman–Crippen MR) is 166 cm³/mol. The molecule has 0 unspecified atom stereocenters. The summed E-state index contributed by atoms with van der Waals surface area (Å²) in [6.45, 7) is 0. The number of rotatable bonds is 1. The average molecular weight is 524 g/mol. The Bertz CT molecular complexity index is 2550. The lowest BCUT2D eigenvalue weighted by molar-refractivity contribution is 1.18. The highest BCUT2D eigenvalue weighted by atomic mass is 15.1. The van der Waals surface area contributed by atoms with E-state index in [4.69, 9.17) is 15.0 Å². The lowest BCUT2D eigenvalue weighted by atomic mass is 9.99. The lowest BCUT2D eigenvalue weighted by Crippen LogP contribution is -1.96. The number of imidazole rings is 1. The molecule has 0 N–H and O–H groups in total. The topological polar surface area (TPSA) is 48.0 Å².